The van der Waals surface area contributed by atoms with Gasteiger partial charge in [0.2, 0.25) is 0 Å². The molecule has 1 fully saturated rings. The topological polar surface area (TPSA) is 44.8 Å². The van der Waals surface area contributed by atoms with Crippen LogP contribution in [0.1, 0.15) is 23.7 Å². The first-order valence-electron chi connectivity index (χ1n) is 11.9. The molecular formula is C27H32BrN3O2S. The van der Waals surface area contributed by atoms with E-state index in [9.17, 15) is 4.79 Å². The van der Waals surface area contributed by atoms with Crippen molar-refractivity contribution in [2.24, 2.45) is 0 Å². The number of rotatable bonds is 10. The number of anilines is 1. The molecule has 1 saturated heterocycles. The van der Waals surface area contributed by atoms with Gasteiger partial charge in [0.25, 0.3) is 5.91 Å². The number of ether oxygens (including phenoxy) is 1. The summed E-state index contributed by atoms with van der Waals surface area (Å²) in [5.74, 6) is 1.80. The second-order valence-corrected chi connectivity index (χ2v) is 9.94. The normalized spacial score (nSPS) is 14.4. The lowest BCUT2D eigenvalue weighted by atomic mass is 10.1. The highest BCUT2D eigenvalue weighted by Gasteiger charge is 2.19. The van der Waals surface area contributed by atoms with Crippen LogP contribution in [0.25, 0.3) is 10.8 Å². The molecule has 0 atom stereocenters. The van der Waals surface area contributed by atoms with Gasteiger partial charge in [-0.25, -0.2) is 0 Å². The molecule has 3 aromatic rings. The minimum absolute atomic E-state index is 0.0642. The molecule has 7 heteroatoms. The van der Waals surface area contributed by atoms with Gasteiger partial charge in [-0.15, -0.1) is 11.8 Å². The molecule has 0 radical (unpaired) electrons. The number of carbonyl (C=O) groups is 1. The largest absolute Gasteiger partial charge is 0.482 e. The number of nitrogens with one attached hydrogen (secondary N) is 1. The van der Waals surface area contributed by atoms with Crippen molar-refractivity contribution in [3.63, 3.8) is 0 Å². The molecule has 0 unspecified atom stereocenters. The van der Waals surface area contributed by atoms with Crippen molar-refractivity contribution < 1.29 is 9.53 Å². The predicted molar refractivity (Wildman–Crippen MR) is 147 cm³/mol. The Balaban J connectivity index is 1.29. The Bertz CT molecular complexity index is 1100. The first kappa shape index (κ1) is 24.9. The van der Waals surface area contributed by atoms with Crippen molar-refractivity contribution in [1.82, 2.24) is 10.2 Å². The zero-order valence-electron chi connectivity index (χ0n) is 19.6. The summed E-state index contributed by atoms with van der Waals surface area (Å²) in [6, 6.07) is 20.5. The molecule has 0 bridgehead atoms. The molecule has 0 aromatic heterocycles. The van der Waals surface area contributed by atoms with Gasteiger partial charge in [0.15, 0.2) is 0 Å². The fourth-order valence-electron chi connectivity index (χ4n) is 4.28. The maximum Gasteiger partial charge on any atom is 0.251 e. The SMILES string of the molecule is CCCSc1ccccc1N1CCN(CCNC(=O)c2cc(OCBr)c3ccccc3c2)CC1. The summed E-state index contributed by atoms with van der Waals surface area (Å²) in [5.41, 5.74) is 2.36. The van der Waals surface area contributed by atoms with Gasteiger partial charge in [-0.05, 0) is 57.8 Å². The third kappa shape index (κ3) is 6.26. The van der Waals surface area contributed by atoms with Gasteiger partial charge in [0.1, 0.15) is 11.3 Å². The summed E-state index contributed by atoms with van der Waals surface area (Å²) in [6.45, 7) is 7.73. The summed E-state index contributed by atoms with van der Waals surface area (Å²) >= 11 is 5.27. The third-order valence-electron chi connectivity index (χ3n) is 6.05. The minimum Gasteiger partial charge on any atom is -0.482 e. The van der Waals surface area contributed by atoms with E-state index in [2.05, 4.69) is 62.2 Å². The molecule has 5 nitrogen and oxygen atoms in total. The molecular weight excluding hydrogens is 510 g/mol. The number of fused-ring (bicyclic) bond motifs is 1. The molecule has 3 aromatic carbocycles. The van der Waals surface area contributed by atoms with E-state index >= 15 is 0 Å². The average Bonchev–Trinajstić information content (AvgIpc) is 2.88. The number of benzene rings is 3. The van der Waals surface area contributed by atoms with Crippen LogP contribution in [0.15, 0.2) is 65.6 Å². The quantitative estimate of drug-likeness (QED) is 0.266. The number of halogens is 1. The lowest BCUT2D eigenvalue weighted by Gasteiger charge is -2.37. The predicted octanol–water partition coefficient (Wildman–Crippen LogP) is 5.63. The molecule has 0 aliphatic carbocycles. The van der Waals surface area contributed by atoms with Crippen LogP contribution >= 0.6 is 27.7 Å². The van der Waals surface area contributed by atoms with Crippen molar-refractivity contribution in [2.45, 2.75) is 18.2 Å². The van der Waals surface area contributed by atoms with Gasteiger partial charge in [-0.1, -0.05) is 43.3 Å². The average molecular weight is 543 g/mol. The minimum atomic E-state index is -0.0642. The first-order chi connectivity index (χ1) is 16.7. The maximum absolute atomic E-state index is 12.8. The van der Waals surface area contributed by atoms with Crippen molar-refractivity contribution in [2.75, 3.05) is 55.4 Å². The van der Waals surface area contributed by atoms with Crippen LogP contribution in [-0.2, 0) is 0 Å². The van der Waals surface area contributed by atoms with E-state index in [-0.39, 0.29) is 5.91 Å². The van der Waals surface area contributed by atoms with Crippen LogP contribution in [-0.4, -0.2) is 61.3 Å². The first-order valence-corrected chi connectivity index (χ1v) is 14.0. The Morgan fingerprint density at radius 1 is 1.06 bits per heavy atom. The maximum atomic E-state index is 12.8. The van der Waals surface area contributed by atoms with E-state index in [1.807, 2.05) is 48.2 Å². The Hall–Kier alpha value is -2.22. The van der Waals surface area contributed by atoms with Crippen LogP contribution in [0.2, 0.25) is 0 Å². The summed E-state index contributed by atoms with van der Waals surface area (Å²) in [5, 5.41) is 5.10. The molecule has 4 rings (SSSR count). The number of nitrogens with zero attached hydrogens (tertiary/aromatic N) is 2. The Kier molecular flexibility index (Phi) is 9.13. The number of piperazine rings is 1. The number of alkyl halides is 1. The number of thioether (sulfide) groups is 1. The highest BCUT2D eigenvalue weighted by atomic mass is 79.9. The molecule has 0 spiro atoms. The van der Waals surface area contributed by atoms with Gasteiger partial charge in [0.05, 0.1) is 5.69 Å². The van der Waals surface area contributed by atoms with Crippen molar-refractivity contribution in [3.05, 3.63) is 66.2 Å². The third-order valence-corrected chi connectivity index (χ3v) is 7.55. The second-order valence-electron chi connectivity index (χ2n) is 8.35. The van der Waals surface area contributed by atoms with E-state index in [0.29, 0.717) is 23.4 Å². The Morgan fingerprint density at radius 3 is 2.62 bits per heavy atom. The lowest BCUT2D eigenvalue weighted by Crippen LogP contribution is -2.48. The van der Waals surface area contributed by atoms with Crippen LogP contribution in [0.5, 0.6) is 5.75 Å². The van der Waals surface area contributed by atoms with E-state index in [1.54, 1.807) is 0 Å². The highest BCUT2D eigenvalue weighted by molar-refractivity contribution is 9.09. The van der Waals surface area contributed by atoms with Gasteiger partial charge in [0, 0.05) is 55.1 Å². The van der Waals surface area contributed by atoms with E-state index in [1.165, 1.54) is 17.0 Å². The molecule has 1 heterocycles. The summed E-state index contributed by atoms with van der Waals surface area (Å²) < 4.78 is 5.71. The number of hydrogen-bond donors (Lipinski definition) is 1. The number of hydrogen-bond acceptors (Lipinski definition) is 5. The van der Waals surface area contributed by atoms with Crippen LogP contribution in [0.4, 0.5) is 5.69 Å². The fraction of sp³-hybridized carbons (Fsp3) is 0.370. The number of para-hydroxylation sites is 1. The summed E-state index contributed by atoms with van der Waals surface area (Å²) in [6.07, 6.45) is 1.18. The Labute approximate surface area is 215 Å². The molecule has 1 aliphatic rings. The zero-order chi connectivity index (χ0) is 23.8. The van der Waals surface area contributed by atoms with Gasteiger partial charge < -0.3 is 15.0 Å². The number of amides is 1. The van der Waals surface area contributed by atoms with E-state index in [0.717, 1.165) is 49.2 Å². The van der Waals surface area contributed by atoms with Gasteiger partial charge in [-0.3, -0.25) is 9.69 Å². The van der Waals surface area contributed by atoms with Gasteiger partial charge >= 0.3 is 0 Å². The Morgan fingerprint density at radius 2 is 1.82 bits per heavy atom. The van der Waals surface area contributed by atoms with Crippen LogP contribution in [0, 0.1) is 0 Å². The smallest absolute Gasteiger partial charge is 0.251 e. The van der Waals surface area contributed by atoms with E-state index in [4.69, 9.17) is 4.74 Å². The zero-order valence-corrected chi connectivity index (χ0v) is 22.0. The second kappa shape index (κ2) is 12.5. The fourth-order valence-corrected chi connectivity index (χ4v) is 5.47. The molecule has 1 N–H and O–H groups in total. The molecule has 1 aliphatic heterocycles. The molecule has 34 heavy (non-hydrogen) atoms. The lowest BCUT2D eigenvalue weighted by molar-refractivity contribution is 0.0947. The number of carbonyl (C=O) groups excluding carboxylic acids is 1. The van der Waals surface area contributed by atoms with E-state index < -0.39 is 0 Å². The molecule has 0 saturated carbocycles. The van der Waals surface area contributed by atoms with Crippen molar-refractivity contribution in [1.29, 1.82) is 0 Å². The van der Waals surface area contributed by atoms with Crippen LogP contribution < -0.4 is 15.0 Å². The van der Waals surface area contributed by atoms with Crippen LogP contribution in [0.3, 0.4) is 0 Å². The van der Waals surface area contributed by atoms with Gasteiger partial charge in [-0.2, -0.15) is 0 Å². The van der Waals surface area contributed by atoms with Crippen molar-refractivity contribution in [3.8, 4) is 5.75 Å². The van der Waals surface area contributed by atoms with Crippen molar-refractivity contribution >= 4 is 50.1 Å². The monoisotopic (exact) mass is 541 g/mol. The molecule has 180 valence electrons. The standard InChI is InChI=1S/C27H32BrN3O2S/c1-2-17-34-26-10-6-5-9-24(26)31-15-13-30(14-16-31)12-11-29-27(32)22-18-21-7-3-4-8-23(21)25(19-22)33-20-28/h3-10,18-19H,2,11-17,20H2,1H3,(H,29,32). The highest BCUT2D eigenvalue weighted by Crippen LogP contribution is 2.31. The molecule has 1 amide bonds. The summed E-state index contributed by atoms with van der Waals surface area (Å²) in [4.78, 5) is 19.1. The summed E-state index contributed by atoms with van der Waals surface area (Å²) in [7, 11) is 0.